The number of aromatic hydroxyl groups is 1. The molecule has 0 amide bonds. The Morgan fingerprint density at radius 3 is 2.58 bits per heavy atom. The number of hydrogen-bond acceptors (Lipinski definition) is 8. The monoisotopic (exact) mass is 425 g/mol. The SMILES string of the molecule is COc1c(F)ccc(O)c1-c1cc(Nc2cnc(C#N)cn2)n[nH]1.NC1CCCCC1. The van der Waals surface area contributed by atoms with Crippen molar-refractivity contribution in [3.8, 4) is 28.8 Å². The lowest BCUT2D eigenvalue weighted by Crippen LogP contribution is -2.22. The summed E-state index contributed by atoms with van der Waals surface area (Å²) in [4.78, 5) is 7.89. The highest BCUT2D eigenvalue weighted by Crippen LogP contribution is 2.39. The van der Waals surface area contributed by atoms with Gasteiger partial charge in [0.1, 0.15) is 17.6 Å². The molecule has 2 aromatic heterocycles. The van der Waals surface area contributed by atoms with Gasteiger partial charge in [-0.15, -0.1) is 0 Å². The Morgan fingerprint density at radius 2 is 2.00 bits per heavy atom. The average Bonchev–Trinajstić information content (AvgIpc) is 3.24. The van der Waals surface area contributed by atoms with E-state index in [1.807, 2.05) is 6.07 Å². The topological polar surface area (TPSA) is 146 Å². The Hall–Kier alpha value is -3.71. The summed E-state index contributed by atoms with van der Waals surface area (Å²) in [5.74, 6) is -0.102. The van der Waals surface area contributed by atoms with Crippen LogP contribution in [0, 0.1) is 17.1 Å². The van der Waals surface area contributed by atoms with Gasteiger partial charge in [-0.05, 0) is 25.0 Å². The summed E-state index contributed by atoms with van der Waals surface area (Å²) < 4.78 is 18.8. The molecule has 0 aliphatic heterocycles. The highest BCUT2D eigenvalue weighted by atomic mass is 19.1. The molecule has 4 rings (SSSR count). The molecule has 0 atom stereocenters. The van der Waals surface area contributed by atoms with Crippen LogP contribution in [-0.4, -0.2) is 38.4 Å². The van der Waals surface area contributed by atoms with Crippen molar-refractivity contribution in [2.45, 2.75) is 38.1 Å². The van der Waals surface area contributed by atoms with Crippen LogP contribution in [-0.2, 0) is 0 Å². The Kier molecular flexibility index (Phi) is 7.35. The van der Waals surface area contributed by atoms with Crippen molar-refractivity contribution in [1.29, 1.82) is 5.26 Å². The van der Waals surface area contributed by atoms with Crippen LogP contribution in [0.15, 0.2) is 30.6 Å². The minimum Gasteiger partial charge on any atom is -0.507 e. The molecular weight excluding hydrogens is 401 g/mol. The van der Waals surface area contributed by atoms with Crippen molar-refractivity contribution in [1.82, 2.24) is 20.2 Å². The number of aromatic amines is 1. The van der Waals surface area contributed by atoms with Crippen molar-refractivity contribution in [3.05, 3.63) is 42.1 Å². The number of phenols is 1. The van der Waals surface area contributed by atoms with Gasteiger partial charge in [-0.3, -0.25) is 5.10 Å². The molecule has 1 saturated carbocycles. The third-order valence-corrected chi connectivity index (χ3v) is 4.81. The number of nitrogens with zero attached hydrogens (tertiary/aromatic N) is 4. The predicted molar refractivity (Wildman–Crippen MR) is 113 cm³/mol. The molecule has 1 aromatic carbocycles. The summed E-state index contributed by atoms with van der Waals surface area (Å²) in [6, 6.07) is 6.30. The highest BCUT2D eigenvalue weighted by Gasteiger charge is 2.18. The maximum atomic E-state index is 13.8. The van der Waals surface area contributed by atoms with Gasteiger partial charge in [0.05, 0.1) is 30.8 Å². The van der Waals surface area contributed by atoms with E-state index in [1.54, 1.807) is 6.07 Å². The van der Waals surface area contributed by atoms with Gasteiger partial charge in [-0.25, -0.2) is 14.4 Å². The van der Waals surface area contributed by atoms with E-state index in [0.29, 0.717) is 23.4 Å². The molecule has 3 aromatic rings. The van der Waals surface area contributed by atoms with Crippen molar-refractivity contribution < 1.29 is 14.2 Å². The van der Waals surface area contributed by atoms with Crippen LogP contribution in [0.3, 0.4) is 0 Å². The van der Waals surface area contributed by atoms with E-state index in [0.717, 1.165) is 6.07 Å². The Balaban J connectivity index is 0.000000330. The Morgan fingerprint density at radius 1 is 1.23 bits per heavy atom. The van der Waals surface area contributed by atoms with Crippen LogP contribution in [0.2, 0.25) is 0 Å². The van der Waals surface area contributed by atoms with E-state index in [-0.39, 0.29) is 22.8 Å². The molecule has 1 fully saturated rings. The number of ether oxygens (including phenoxy) is 1. The predicted octanol–water partition coefficient (Wildman–Crippen LogP) is 3.61. The highest BCUT2D eigenvalue weighted by molar-refractivity contribution is 5.76. The molecule has 0 unspecified atom stereocenters. The first-order chi connectivity index (χ1) is 15.0. The summed E-state index contributed by atoms with van der Waals surface area (Å²) in [6.45, 7) is 0. The smallest absolute Gasteiger partial charge is 0.167 e. The van der Waals surface area contributed by atoms with Crippen molar-refractivity contribution in [2.24, 2.45) is 5.73 Å². The van der Waals surface area contributed by atoms with Gasteiger partial charge in [-0.2, -0.15) is 10.4 Å². The maximum Gasteiger partial charge on any atom is 0.167 e. The summed E-state index contributed by atoms with van der Waals surface area (Å²) in [5, 5.41) is 28.3. The van der Waals surface area contributed by atoms with Crippen LogP contribution >= 0.6 is 0 Å². The molecule has 0 spiro atoms. The third-order valence-electron chi connectivity index (χ3n) is 4.81. The number of nitrogens with one attached hydrogen (secondary N) is 2. The lowest BCUT2D eigenvalue weighted by atomic mass is 9.97. The molecule has 1 aliphatic carbocycles. The molecule has 2 heterocycles. The number of anilines is 2. The van der Waals surface area contributed by atoms with Gasteiger partial charge in [0.25, 0.3) is 0 Å². The first-order valence-electron chi connectivity index (χ1n) is 9.87. The number of nitrogens with two attached hydrogens (primary N) is 1. The first-order valence-corrected chi connectivity index (χ1v) is 9.87. The molecule has 31 heavy (non-hydrogen) atoms. The van der Waals surface area contributed by atoms with E-state index in [4.69, 9.17) is 15.7 Å². The lowest BCUT2D eigenvalue weighted by molar-refractivity contribution is 0.382. The second kappa shape index (κ2) is 10.4. The fourth-order valence-electron chi connectivity index (χ4n) is 3.24. The van der Waals surface area contributed by atoms with Gasteiger partial charge in [-0.1, -0.05) is 19.3 Å². The molecule has 10 heteroatoms. The van der Waals surface area contributed by atoms with E-state index >= 15 is 0 Å². The third kappa shape index (κ3) is 5.67. The molecule has 1 aliphatic rings. The second-order valence-electron chi connectivity index (χ2n) is 7.06. The zero-order valence-electron chi connectivity index (χ0n) is 17.1. The fraction of sp³-hybridized carbons (Fsp3) is 0.333. The van der Waals surface area contributed by atoms with Gasteiger partial charge < -0.3 is 20.9 Å². The normalized spacial score (nSPS) is 13.6. The number of hydrogen-bond donors (Lipinski definition) is 4. The standard InChI is InChI=1S/C15H11FN6O2.C6H13N/c1-24-15-9(16)2-3-11(23)14(15)10-4-12(22-21-10)20-13-7-18-8(5-17)6-19-13;7-6-4-2-1-3-5-6/h2-4,6-7,23H,1H3,(H2,19,20,21,22);6H,1-5,7H2. The number of rotatable bonds is 4. The van der Waals surface area contributed by atoms with Crippen molar-refractivity contribution >= 4 is 11.6 Å². The minimum atomic E-state index is -0.604. The number of nitriles is 1. The number of methoxy groups -OCH3 is 1. The zero-order valence-corrected chi connectivity index (χ0v) is 17.1. The minimum absolute atomic E-state index is 0.0941. The van der Waals surface area contributed by atoms with E-state index < -0.39 is 5.82 Å². The van der Waals surface area contributed by atoms with Crippen molar-refractivity contribution in [2.75, 3.05) is 12.4 Å². The largest absolute Gasteiger partial charge is 0.507 e. The van der Waals surface area contributed by atoms with Gasteiger partial charge in [0, 0.05) is 12.1 Å². The van der Waals surface area contributed by atoms with Crippen LogP contribution in [0.5, 0.6) is 11.5 Å². The summed E-state index contributed by atoms with van der Waals surface area (Å²) in [6.07, 6.45) is 9.36. The number of phenolic OH excluding ortho intramolecular Hbond substituents is 1. The number of halogens is 1. The average molecular weight is 425 g/mol. The van der Waals surface area contributed by atoms with E-state index in [2.05, 4.69) is 25.5 Å². The Bertz CT molecular complexity index is 1040. The number of benzene rings is 1. The summed E-state index contributed by atoms with van der Waals surface area (Å²) >= 11 is 0. The van der Waals surface area contributed by atoms with Crippen LogP contribution in [0.1, 0.15) is 37.8 Å². The quantitative estimate of drug-likeness (QED) is 0.496. The summed E-state index contributed by atoms with van der Waals surface area (Å²) in [5.41, 5.74) is 6.34. The molecular formula is C21H24FN7O2. The first kappa shape index (κ1) is 22.0. The zero-order chi connectivity index (χ0) is 22.2. The molecule has 0 bridgehead atoms. The molecule has 9 nitrogen and oxygen atoms in total. The van der Waals surface area contributed by atoms with Gasteiger partial charge >= 0.3 is 0 Å². The number of aromatic nitrogens is 4. The van der Waals surface area contributed by atoms with E-state index in [9.17, 15) is 9.50 Å². The maximum absolute atomic E-state index is 13.8. The molecule has 0 saturated heterocycles. The number of H-pyrrole nitrogens is 1. The molecule has 162 valence electrons. The molecule has 0 radical (unpaired) electrons. The second-order valence-corrected chi connectivity index (χ2v) is 7.06. The Labute approximate surface area is 179 Å². The molecule has 5 N–H and O–H groups in total. The lowest BCUT2D eigenvalue weighted by Gasteiger charge is -2.15. The van der Waals surface area contributed by atoms with Gasteiger partial charge in [0.15, 0.2) is 23.1 Å². The van der Waals surface area contributed by atoms with Crippen LogP contribution < -0.4 is 15.8 Å². The van der Waals surface area contributed by atoms with Gasteiger partial charge in [0.2, 0.25) is 0 Å². The summed E-state index contributed by atoms with van der Waals surface area (Å²) in [7, 11) is 1.31. The van der Waals surface area contributed by atoms with Crippen molar-refractivity contribution in [3.63, 3.8) is 0 Å². The van der Waals surface area contributed by atoms with Crippen LogP contribution in [0.25, 0.3) is 11.3 Å². The van der Waals surface area contributed by atoms with Crippen LogP contribution in [0.4, 0.5) is 16.0 Å². The van der Waals surface area contributed by atoms with E-state index in [1.165, 1.54) is 57.7 Å². The fourth-order valence-corrected chi connectivity index (χ4v) is 3.24.